The van der Waals surface area contributed by atoms with E-state index in [-0.39, 0.29) is 79.3 Å². The van der Waals surface area contributed by atoms with Gasteiger partial charge in [0.15, 0.2) is 46.0 Å². The van der Waals surface area contributed by atoms with Crippen molar-refractivity contribution in [3.05, 3.63) is 214 Å². The molecule has 0 N–H and O–H groups in total. The third-order valence-corrected chi connectivity index (χ3v) is 13.2. The molecule has 5 aliphatic rings. The number of ether oxygens (including phenoxy) is 12. The summed E-state index contributed by atoms with van der Waals surface area (Å²) in [6.45, 7) is 3.21. The minimum Gasteiger partial charge on any atom is -0.489 e. The van der Waals surface area contributed by atoms with Gasteiger partial charge >= 0.3 is 0 Å². The van der Waals surface area contributed by atoms with Crippen molar-refractivity contribution in [3.63, 3.8) is 0 Å². The third-order valence-electron chi connectivity index (χ3n) is 13.2. The van der Waals surface area contributed by atoms with Gasteiger partial charge in [0, 0.05) is 25.7 Å². The molecule has 388 valence electrons. The van der Waals surface area contributed by atoms with Gasteiger partial charge in [-0.1, -0.05) is 121 Å². The Hall–Kier alpha value is -8.64. The number of benzene rings is 8. The Morgan fingerprint density at radius 1 is 0.158 bits per heavy atom. The van der Waals surface area contributed by atoms with Crippen molar-refractivity contribution in [1.82, 2.24) is 0 Å². The zero-order valence-corrected chi connectivity index (χ0v) is 42.4. The number of hydrogen-bond acceptors (Lipinski definition) is 12. The summed E-state index contributed by atoms with van der Waals surface area (Å²) in [5.41, 5.74) is 7.95. The lowest BCUT2D eigenvalue weighted by Gasteiger charge is -2.23. The van der Waals surface area contributed by atoms with Crippen LogP contribution >= 0.6 is 0 Å². The quantitative estimate of drug-likeness (QED) is 0.144. The van der Waals surface area contributed by atoms with Crippen LogP contribution in [0.25, 0.3) is 0 Å². The summed E-state index contributed by atoms with van der Waals surface area (Å²) in [7, 11) is 0. The molecule has 1 aliphatic carbocycles. The lowest BCUT2D eigenvalue weighted by Crippen LogP contribution is -2.15. The van der Waals surface area contributed by atoms with Crippen LogP contribution in [-0.2, 0) is 25.7 Å². The fraction of sp³-hybridized carbons (Fsp3) is 0.250. The first-order valence-corrected chi connectivity index (χ1v) is 26.0. The first-order chi connectivity index (χ1) is 37.7. The van der Waals surface area contributed by atoms with Crippen molar-refractivity contribution in [2.45, 2.75) is 25.7 Å². The Labute approximate surface area is 443 Å². The van der Waals surface area contributed by atoms with Crippen LogP contribution in [0, 0.1) is 0 Å². The van der Waals surface area contributed by atoms with E-state index >= 15 is 0 Å². The minimum atomic E-state index is 0.257. The van der Waals surface area contributed by atoms with E-state index in [1.807, 2.05) is 97.1 Å². The topological polar surface area (TPSA) is 111 Å². The highest BCUT2D eigenvalue weighted by molar-refractivity contribution is 5.56. The zero-order valence-electron chi connectivity index (χ0n) is 42.4. The third kappa shape index (κ3) is 12.1. The summed E-state index contributed by atoms with van der Waals surface area (Å²) >= 11 is 0. The Bertz CT molecular complexity index is 2720. The van der Waals surface area contributed by atoms with Gasteiger partial charge in [0.25, 0.3) is 0 Å². The highest BCUT2D eigenvalue weighted by atomic mass is 16.6. The molecule has 0 amide bonds. The molecule has 13 rings (SSSR count). The van der Waals surface area contributed by atoms with Gasteiger partial charge in [0.2, 0.25) is 0 Å². The highest BCUT2D eigenvalue weighted by Gasteiger charge is 2.23. The lowest BCUT2D eigenvalue weighted by molar-refractivity contribution is 0.182. The van der Waals surface area contributed by atoms with Crippen LogP contribution in [0.5, 0.6) is 69.0 Å². The molecule has 12 nitrogen and oxygen atoms in total. The van der Waals surface area contributed by atoms with E-state index in [1.54, 1.807) is 0 Å². The molecule has 0 aromatic heterocycles. The second kappa shape index (κ2) is 24.6. The maximum atomic E-state index is 6.92. The molecular weight excluding hydrogens is 961 g/mol. The second-order valence-electron chi connectivity index (χ2n) is 18.3. The van der Waals surface area contributed by atoms with Crippen LogP contribution < -0.4 is 56.8 Å². The summed E-state index contributed by atoms with van der Waals surface area (Å²) < 4.78 is 78.2. The first kappa shape index (κ1) is 49.6. The predicted octanol–water partition coefficient (Wildman–Crippen LogP) is 11.7. The van der Waals surface area contributed by atoms with E-state index in [0.717, 1.165) is 67.5 Å². The SMILES string of the molecule is c1cc2c3c(c1)Cc1cccc4c1OCCOc1ccccc1OCCOc1ccccc1OCCOc1c(cccc1Cc1cccc(c1OCCOc1ccccc1OCCOc1ccccc1OCCO3)C4)C2. The molecule has 0 saturated carbocycles. The van der Waals surface area contributed by atoms with Crippen LogP contribution in [0.2, 0.25) is 0 Å². The summed E-state index contributed by atoms with van der Waals surface area (Å²) in [5, 5.41) is 0. The van der Waals surface area contributed by atoms with E-state index in [1.165, 1.54) is 0 Å². The Balaban J connectivity index is 1.03. The van der Waals surface area contributed by atoms with Crippen molar-refractivity contribution < 1.29 is 56.8 Å². The molecule has 12 bridgehead atoms. The normalized spacial score (nSPS) is 15.3. The molecule has 4 aliphatic heterocycles. The minimum absolute atomic E-state index is 0.257. The van der Waals surface area contributed by atoms with Gasteiger partial charge in [-0.15, -0.1) is 0 Å². The predicted molar refractivity (Wildman–Crippen MR) is 289 cm³/mol. The van der Waals surface area contributed by atoms with Gasteiger partial charge in [-0.3, -0.25) is 0 Å². The van der Waals surface area contributed by atoms with Gasteiger partial charge in [0.05, 0.1) is 0 Å². The largest absolute Gasteiger partial charge is 0.489 e. The van der Waals surface area contributed by atoms with Crippen molar-refractivity contribution in [3.8, 4) is 69.0 Å². The van der Waals surface area contributed by atoms with E-state index in [4.69, 9.17) is 56.8 Å². The van der Waals surface area contributed by atoms with Crippen LogP contribution in [-0.4, -0.2) is 79.3 Å². The van der Waals surface area contributed by atoms with Crippen LogP contribution in [0.3, 0.4) is 0 Å². The number of hydrogen-bond donors (Lipinski definition) is 0. The lowest BCUT2D eigenvalue weighted by atomic mass is 9.91. The van der Waals surface area contributed by atoms with Gasteiger partial charge < -0.3 is 56.8 Å². The van der Waals surface area contributed by atoms with E-state index in [0.29, 0.717) is 71.7 Å². The molecule has 8 aromatic rings. The maximum absolute atomic E-state index is 6.92. The average molecular weight is 1020 g/mol. The Kier molecular flexibility index (Phi) is 16.0. The average Bonchev–Trinajstić information content (AvgIpc) is 3.45. The molecule has 4 heterocycles. The van der Waals surface area contributed by atoms with Gasteiger partial charge in [-0.25, -0.2) is 0 Å². The van der Waals surface area contributed by atoms with E-state index in [9.17, 15) is 0 Å². The molecule has 8 aromatic carbocycles. The fourth-order valence-electron chi connectivity index (χ4n) is 9.77. The van der Waals surface area contributed by atoms with Crippen LogP contribution in [0.4, 0.5) is 0 Å². The molecule has 0 spiro atoms. The van der Waals surface area contributed by atoms with Gasteiger partial charge in [0.1, 0.15) is 102 Å². The molecule has 76 heavy (non-hydrogen) atoms. The zero-order chi connectivity index (χ0) is 51.1. The van der Waals surface area contributed by atoms with E-state index in [2.05, 4.69) is 72.8 Å². The monoisotopic (exact) mass is 1020 g/mol. The van der Waals surface area contributed by atoms with Gasteiger partial charge in [-0.2, -0.15) is 0 Å². The summed E-state index contributed by atoms with van der Waals surface area (Å²) in [4.78, 5) is 0. The molecule has 0 unspecified atom stereocenters. The van der Waals surface area contributed by atoms with Crippen molar-refractivity contribution in [2.24, 2.45) is 0 Å². The Morgan fingerprint density at radius 3 is 0.461 bits per heavy atom. The van der Waals surface area contributed by atoms with Crippen molar-refractivity contribution in [1.29, 1.82) is 0 Å². The maximum Gasteiger partial charge on any atom is 0.161 e. The summed E-state index contributed by atoms with van der Waals surface area (Å²) in [5.74, 6) is 7.92. The smallest absolute Gasteiger partial charge is 0.161 e. The van der Waals surface area contributed by atoms with Crippen LogP contribution in [0.15, 0.2) is 170 Å². The molecule has 0 atom stereocenters. The van der Waals surface area contributed by atoms with Crippen LogP contribution in [0.1, 0.15) is 44.5 Å². The Morgan fingerprint density at radius 2 is 0.303 bits per heavy atom. The fourth-order valence-corrected chi connectivity index (χ4v) is 9.77. The van der Waals surface area contributed by atoms with Crippen molar-refractivity contribution >= 4 is 0 Å². The van der Waals surface area contributed by atoms with Crippen molar-refractivity contribution in [2.75, 3.05) is 79.3 Å². The molecule has 0 fully saturated rings. The standard InChI is InChI=1S/C64H60O12/c1-5-25-57-53(21-1)65-29-30-66-54-22-2-6-26-58(54)70-34-38-74-64-51-19-12-20-52(64)44-50-18-11-16-48-42-46-14-9-13-45(61(46)73-37-33-69-57)41-47-15-10-17-49(43-51)62(47)75-39-35-71-59-27-7-3-23-55(59)67-31-32-68-56-24-4-8-28-60(56)72-36-40-76-63(48)50/h1-28H,29-44H2. The first-order valence-electron chi connectivity index (χ1n) is 26.0. The number of rotatable bonds is 0. The van der Waals surface area contributed by atoms with E-state index < -0.39 is 0 Å². The summed E-state index contributed by atoms with van der Waals surface area (Å²) in [6.07, 6.45) is 2.04. The second-order valence-corrected chi connectivity index (χ2v) is 18.3. The van der Waals surface area contributed by atoms with Gasteiger partial charge in [-0.05, 0) is 93.0 Å². The molecular formula is C64H60O12. The summed E-state index contributed by atoms with van der Waals surface area (Å²) in [6, 6.07) is 56.0. The highest BCUT2D eigenvalue weighted by Crippen LogP contribution is 2.40. The number of para-hydroxylation sites is 12. The number of fused-ring (bicyclic) bond motifs is 18. The molecule has 0 saturated heterocycles. The molecule has 12 heteroatoms. The molecule has 0 radical (unpaired) electrons.